The van der Waals surface area contributed by atoms with E-state index in [0.717, 1.165) is 10.5 Å². The molecular weight excluding hydrogens is 470 g/mol. The molecule has 0 spiro atoms. The van der Waals surface area contributed by atoms with Gasteiger partial charge >= 0.3 is 5.97 Å². The van der Waals surface area contributed by atoms with Crippen molar-refractivity contribution < 1.29 is 22.7 Å². The van der Waals surface area contributed by atoms with Crippen molar-refractivity contribution in [1.82, 2.24) is 4.57 Å². The number of hydrogen-bond acceptors (Lipinski definition) is 7. The Kier molecular flexibility index (Phi) is 7.88. The highest BCUT2D eigenvalue weighted by atomic mass is 32.2. The first-order valence-corrected chi connectivity index (χ1v) is 13.1. The van der Waals surface area contributed by atoms with Gasteiger partial charge in [-0.15, -0.1) is 11.8 Å². The maximum atomic E-state index is 12.5. The Balaban J connectivity index is 1.92. The van der Waals surface area contributed by atoms with Crippen molar-refractivity contribution >= 4 is 55.2 Å². The first-order valence-electron chi connectivity index (χ1n) is 9.76. The molecule has 0 saturated carbocycles. The number of hydrogen-bond donors (Lipinski definition) is 1. The normalized spacial score (nSPS) is 12.3. The number of thioether (sulfide) groups is 1. The zero-order valence-corrected chi connectivity index (χ0v) is 20.1. The van der Waals surface area contributed by atoms with Crippen LogP contribution < -0.4 is 9.94 Å². The quantitative estimate of drug-likeness (QED) is 0.380. The highest BCUT2D eigenvalue weighted by molar-refractivity contribution is 8.00. The minimum Gasteiger partial charge on any atom is -0.466 e. The fraction of sp³-hybridized carbons (Fsp3) is 0.286. The van der Waals surface area contributed by atoms with Crippen molar-refractivity contribution in [2.45, 2.75) is 36.6 Å². The number of fused-ring (bicyclic) bond motifs is 1. The van der Waals surface area contributed by atoms with Gasteiger partial charge in [-0.25, -0.2) is 13.6 Å². The third kappa shape index (κ3) is 6.28. The SMILES string of the molecule is CCOC(=O)CCn1c(=NC(=O)CSc2ccc(C)cc2)sc2cc(S(N)(=O)=O)ccc21. The lowest BCUT2D eigenvalue weighted by atomic mass is 10.2. The van der Waals surface area contributed by atoms with Gasteiger partial charge in [-0.2, -0.15) is 4.99 Å². The number of thiazole rings is 1. The standard InChI is InChI=1S/C21H23N3O5S3/c1-3-29-20(26)10-11-24-17-9-8-16(32(22,27)28)12-18(17)31-21(24)23-19(25)13-30-15-6-4-14(2)5-7-15/h4-9,12H,3,10-11,13H2,1-2H3,(H2,22,27,28). The summed E-state index contributed by atoms with van der Waals surface area (Å²) >= 11 is 2.55. The van der Waals surface area contributed by atoms with E-state index in [4.69, 9.17) is 9.88 Å². The number of sulfonamides is 1. The molecule has 0 atom stereocenters. The average Bonchev–Trinajstić information content (AvgIpc) is 3.07. The number of aromatic nitrogens is 1. The van der Waals surface area contributed by atoms with E-state index in [1.165, 1.54) is 35.2 Å². The summed E-state index contributed by atoms with van der Waals surface area (Å²) in [5.41, 5.74) is 1.79. The Morgan fingerprint density at radius 2 is 1.91 bits per heavy atom. The van der Waals surface area contributed by atoms with Gasteiger partial charge in [0.1, 0.15) is 0 Å². The Labute approximate surface area is 194 Å². The molecule has 170 valence electrons. The fourth-order valence-corrected chi connectivity index (χ4v) is 5.30. The Morgan fingerprint density at radius 1 is 1.19 bits per heavy atom. The van der Waals surface area contributed by atoms with E-state index in [1.54, 1.807) is 17.6 Å². The zero-order valence-electron chi connectivity index (χ0n) is 17.6. The van der Waals surface area contributed by atoms with Gasteiger partial charge in [0.25, 0.3) is 5.91 Å². The van der Waals surface area contributed by atoms with Crippen LogP contribution in [-0.4, -0.2) is 37.2 Å². The molecule has 2 aromatic carbocycles. The molecular formula is C21H23N3O5S3. The lowest BCUT2D eigenvalue weighted by molar-refractivity contribution is -0.143. The minimum absolute atomic E-state index is 0.0309. The van der Waals surface area contributed by atoms with Gasteiger partial charge in [0.2, 0.25) is 10.0 Å². The van der Waals surface area contributed by atoms with Gasteiger partial charge in [0.05, 0.1) is 33.9 Å². The molecule has 0 fully saturated rings. The molecule has 11 heteroatoms. The Morgan fingerprint density at radius 3 is 2.56 bits per heavy atom. The van der Waals surface area contributed by atoms with E-state index in [2.05, 4.69) is 4.99 Å². The minimum atomic E-state index is -3.87. The number of nitrogens with two attached hydrogens (primary N) is 1. The molecule has 0 unspecified atom stereocenters. The number of carbonyl (C=O) groups excluding carboxylic acids is 2. The van der Waals surface area contributed by atoms with Crippen molar-refractivity contribution in [2.75, 3.05) is 12.4 Å². The molecule has 0 radical (unpaired) electrons. The number of rotatable bonds is 8. The summed E-state index contributed by atoms with van der Waals surface area (Å²) in [6.45, 7) is 4.24. The molecule has 0 aliphatic rings. The zero-order chi connectivity index (χ0) is 23.3. The van der Waals surface area contributed by atoms with Gasteiger partial charge in [-0.3, -0.25) is 9.59 Å². The van der Waals surface area contributed by atoms with Crippen molar-refractivity contribution in [1.29, 1.82) is 0 Å². The van der Waals surface area contributed by atoms with E-state index in [0.29, 0.717) is 15.0 Å². The summed E-state index contributed by atoms with van der Waals surface area (Å²) in [5.74, 6) is -0.552. The second-order valence-corrected chi connectivity index (χ2v) is 10.5. The van der Waals surface area contributed by atoms with Crippen LogP contribution in [0.1, 0.15) is 18.9 Å². The number of carbonyl (C=O) groups is 2. The lowest BCUT2D eigenvalue weighted by Gasteiger charge is -2.06. The van der Waals surface area contributed by atoms with E-state index in [9.17, 15) is 18.0 Å². The predicted octanol–water partition coefficient (Wildman–Crippen LogP) is 2.83. The highest BCUT2D eigenvalue weighted by Crippen LogP contribution is 2.22. The topological polar surface area (TPSA) is 121 Å². The van der Waals surface area contributed by atoms with Crippen molar-refractivity contribution in [3.05, 3.63) is 52.8 Å². The molecule has 0 bridgehead atoms. The maximum absolute atomic E-state index is 12.5. The van der Waals surface area contributed by atoms with Crippen molar-refractivity contribution in [2.24, 2.45) is 10.1 Å². The van der Waals surface area contributed by atoms with Gasteiger partial charge in [0, 0.05) is 11.4 Å². The molecule has 0 aliphatic carbocycles. The Bertz CT molecular complexity index is 1310. The number of nitrogens with zero attached hydrogens (tertiary/aromatic N) is 2. The fourth-order valence-electron chi connectivity index (χ4n) is 2.89. The number of aryl methyl sites for hydroxylation is 2. The molecule has 1 heterocycles. The summed E-state index contributed by atoms with van der Waals surface area (Å²) in [4.78, 5) is 29.9. The molecule has 2 N–H and O–H groups in total. The van der Waals surface area contributed by atoms with Crippen LogP contribution in [0, 0.1) is 6.92 Å². The van der Waals surface area contributed by atoms with Gasteiger partial charge < -0.3 is 9.30 Å². The number of esters is 1. The third-order valence-corrected chi connectivity index (χ3v) is 7.38. The highest BCUT2D eigenvalue weighted by Gasteiger charge is 2.14. The first kappa shape index (κ1) is 24.2. The first-order chi connectivity index (χ1) is 15.2. The molecule has 32 heavy (non-hydrogen) atoms. The molecule has 0 aliphatic heterocycles. The summed E-state index contributed by atoms with van der Waals surface area (Å²) in [6, 6.07) is 12.3. The van der Waals surface area contributed by atoms with Crippen LogP contribution in [0.4, 0.5) is 0 Å². The maximum Gasteiger partial charge on any atom is 0.307 e. The molecule has 1 amide bonds. The molecule has 1 aromatic heterocycles. The summed E-state index contributed by atoms with van der Waals surface area (Å²) in [6.07, 6.45) is 0.0934. The van der Waals surface area contributed by atoms with Gasteiger partial charge in [0.15, 0.2) is 4.80 Å². The second kappa shape index (κ2) is 10.4. The smallest absolute Gasteiger partial charge is 0.307 e. The summed E-state index contributed by atoms with van der Waals surface area (Å²) in [5, 5.41) is 5.24. The second-order valence-electron chi connectivity index (χ2n) is 6.87. The summed E-state index contributed by atoms with van der Waals surface area (Å²) in [7, 11) is -3.87. The molecule has 0 saturated heterocycles. The van der Waals surface area contributed by atoms with E-state index >= 15 is 0 Å². The van der Waals surface area contributed by atoms with Crippen LogP contribution in [0.2, 0.25) is 0 Å². The number of primary sulfonamides is 1. The van der Waals surface area contributed by atoms with Crippen molar-refractivity contribution in [3.63, 3.8) is 0 Å². The van der Waals surface area contributed by atoms with Crippen LogP contribution in [0.3, 0.4) is 0 Å². The van der Waals surface area contributed by atoms with E-state index in [-0.39, 0.29) is 42.1 Å². The van der Waals surface area contributed by atoms with Gasteiger partial charge in [-0.1, -0.05) is 29.0 Å². The van der Waals surface area contributed by atoms with E-state index < -0.39 is 10.0 Å². The molecule has 3 aromatic rings. The third-order valence-electron chi connectivity index (χ3n) is 4.43. The molecule has 3 rings (SSSR count). The number of amides is 1. The average molecular weight is 494 g/mol. The van der Waals surface area contributed by atoms with Crippen LogP contribution in [0.5, 0.6) is 0 Å². The Hall–Kier alpha value is -2.47. The van der Waals surface area contributed by atoms with Crippen LogP contribution in [0.25, 0.3) is 10.2 Å². The number of ether oxygens (including phenoxy) is 1. The van der Waals surface area contributed by atoms with Crippen LogP contribution in [-0.2, 0) is 30.9 Å². The van der Waals surface area contributed by atoms with Crippen molar-refractivity contribution in [3.8, 4) is 0 Å². The monoisotopic (exact) mass is 493 g/mol. The molecule has 8 nitrogen and oxygen atoms in total. The lowest BCUT2D eigenvalue weighted by Crippen LogP contribution is -2.20. The van der Waals surface area contributed by atoms with Crippen LogP contribution >= 0.6 is 23.1 Å². The van der Waals surface area contributed by atoms with Gasteiger partial charge in [-0.05, 0) is 44.2 Å². The largest absolute Gasteiger partial charge is 0.466 e. The summed E-state index contributed by atoms with van der Waals surface area (Å²) < 4.78 is 30.7. The van der Waals surface area contributed by atoms with E-state index in [1.807, 2.05) is 31.2 Å². The van der Waals surface area contributed by atoms with Crippen LogP contribution in [0.15, 0.2) is 57.2 Å². The predicted molar refractivity (Wildman–Crippen MR) is 125 cm³/mol. The number of benzene rings is 2.